The highest BCUT2D eigenvalue weighted by atomic mass is 19.1. The number of pyridine rings is 2. The van der Waals surface area contributed by atoms with Crippen molar-refractivity contribution in [3.05, 3.63) is 77.6 Å². The molecule has 0 aliphatic carbocycles. The van der Waals surface area contributed by atoms with E-state index in [2.05, 4.69) is 25.7 Å². The van der Waals surface area contributed by atoms with Crippen molar-refractivity contribution in [1.82, 2.24) is 25.1 Å². The number of carbonyl (C=O) groups is 1. The molecule has 0 fully saturated rings. The van der Waals surface area contributed by atoms with Crippen LogP contribution in [0.4, 0.5) is 10.2 Å². The smallest absolute Gasteiger partial charge is 0.270 e. The predicted molar refractivity (Wildman–Crippen MR) is 134 cm³/mol. The average Bonchev–Trinajstić information content (AvgIpc) is 3.27. The first kappa shape index (κ1) is 25.1. The average molecular weight is 493 g/mol. The first-order chi connectivity index (χ1) is 17.0. The Morgan fingerprint density at radius 1 is 1.17 bits per heavy atom. The molecule has 0 radical (unpaired) electrons. The van der Waals surface area contributed by atoms with Crippen molar-refractivity contribution in [3.8, 4) is 5.75 Å². The molecule has 3 N–H and O–H groups in total. The summed E-state index contributed by atoms with van der Waals surface area (Å²) >= 11 is 0. The SMILES string of the molecule is COc1ccc(C(NC(=O)c2ccc3cnc(NC(C)C(C)(C)O)cc3n2)c2cnn(C)c2)cc1F. The molecule has 2 atom stereocenters. The maximum Gasteiger partial charge on any atom is 0.270 e. The van der Waals surface area contributed by atoms with Gasteiger partial charge in [0.2, 0.25) is 0 Å². The Balaban J connectivity index is 1.63. The second-order valence-corrected chi connectivity index (χ2v) is 9.23. The number of nitrogens with one attached hydrogen (secondary N) is 2. The van der Waals surface area contributed by atoms with Crippen LogP contribution >= 0.6 is 0 Å². The largest absolute Gasteiger partial charge is 0.494 e. The second-order valence-electron chi connectivity index (χ2n) is 9.23. The molecule has 0 aliphatic rings. The topological polar surface area (TPSA) is 114 Å². The first-order valence-corrected chi connectivity index (χ1v) is 11.4. The van der Waals surface area contributed by atoms with E-state index in [1.54, 1.807) is 68.4 Å². The van der Waals surface area contributed by atoms with E-state index >= 15 is 0 Å². The van der Waals surface area contributed by atoms with E-state index in [-0.39, 0.29) is 17.5 Å². The Bertz CT molecular complexity index is 1400. The highest BCUT2D eigenvalue weighted by molar-refractivity contribution is 5.95. The van der Waals surface area contributed by atoms with E-state index in [1.807, 2.05) is 6.92 Å². The molecular weight excluding hydrogens is 463 g/mol. The summed E-state index contributed by atoms with van der Waals surface area (Å²) in [6, 6.07) is 8.72. The summed E-state index contributed by atoms with van der Waals surface area (Å²) in [5.74, 6) is -0.319. The van der Waals surface area contributed by atoms with Crippen molar-refractivity contribution in [2.45, 2.75) is 38.5 Å². The third-order valence-electron chi connectivity index (χ3n) is 6.07. The van der Waals surface area contributed by atoms with Crippen LogP contribution in [0.25, 0.3) is 10.9 Å². The third kappa shape index (κ3) is 5.44. The van der Waals surface area contributed by atoms with Crippen LogP contribution in [0.3, 0.4) is 0 Å². The van der Waals surface area contributed by atoms with Crippen molar-refractivity contribution in [2.24, 2.45) is 7.05 Å². The maximum atomic E-state index is 14.5. The monoisotopic (exact) mass is 492 g/mol. The Kier molecular flexibility index (Phi) is 6.89. The number of aromatic nitrogens is 4. The fraction of sp³-hybridized carbons (Fsp3) is 0.308. The molecule has 4 rings (SSSR count). The summed E-state index contributed by atoms with van der Waals surface area (Å²) < 4.78 is 21.1. The minimum Gasteiger partial charge on any atom is -0.494 e. The van der Waals surface area contributed by atoms with Gasteiger partial charge in [-0.25, -0.2) is 14.4 Å². The Morgan fingerprint density at radius 2 is 1.94 bits per heavy atom. The van der Waals surface area contributed by atoms with Gasteiger partial charge in [-0.15, -0.1) is 0 Å². The number of hydrogen-bond donors (Lipinski definition) is 3. The van der Waals surface area contributed by atoms with Crippen molar-refractivity contribution in [1.29, 1.82) is 0 Å². The summed E-state index contributed by atoms with van der Waals surface area (Å²) in [5.41, 5.74) is 1.03. The van der Waals surface area contributed by atoms with Crippen LogP contribution in [0.2, 0.25) is 0 Å². The van der Waals surface area contributed by atoms with Crippen LogP contribution in [0.1, 0.15) is 48.4 Å². The molecule has 0 saturated heterocycles. The third-order valence-corrected chi connectivity index (χ3v) is 6.07. The lowest BCUT2D eigenvalue weighted by molar-refractivity contribution is 0.0648. The van der Waals surface area contributed by atoms with E-state index < -0.39 is 23.4 Å². The number of methoxy groups -OCH3 is 1. The number of aryl methyl sites for hydroxylation is 1. The number of ether oxygens (including phenoxy) is 1. The molecule has 0 spiro atoms. The zero-order valence-electron chi connectivity index (χ0n) is 20.8. The van der Waals surface area contributed by atoms with Gasteiger partial charge in [0.15, 0.2) is 11.6 Å². The predicted octanol–water partition coefficient (Wildman–Crippen LogP) is 3.60. The summed E-state index contributed by atoms with van der Waals surface area (Å²) in [5, 5.41) is 21.3. The minimum atomic E-state index is -0.950. The van der Waals surface area contributed by atoms with Gasteiger partial charge in [0, 0.05) is 36.5 Å². The van der Waals surface area contributed by atoms with Crippen LogP contribution in [-0.4, -0.2) is 49.5 Å². The van der Waals surface area contributed by atoms with E-state index in [0.29, 0.717) is 22.5 Å². The summed E-state index contributed by atoms with van der Waals surface area (Å²) in [6.45, 7) is 5.27. The molecule has 0 bridgehead atoms. The molecule has 1 aromatic carbocycles. The molecule has 188 valence electrons. The van der Waals surface area contributed by atoms with Gasteiger partial charge < -0.3 is 20.5 Å². The van der Waals surface area contributed by atoms with Crippen LogP contribution in [0.5, 0.6) is 5.75 Å². The maximum absolute atomic E-state index is 14.5. The molecule has 36 heavy (non-hydrogen) atoms. The number of aliphatic hydroxyl groups is 1. The number of benzene rings is 1. The summed E-state index contributed by atoms with van der Waals surface area (Å²) in [6.07, 6.45) is 5.03. The molecule has 3 heterocycles. The van der Waals surface area contributed by atoms with Crippen LogP contribution < -0.4 is 15.4 Å². The van der Waals surface area contributed by atoms with Gasteiger partial charge in [0.1, 0.15) is 11.5 Å². The van der Waals surface area contributed by atoms with Crippen molar-refractivity contribution in [3.63, 3.8) is 0 Å². The zero-order chi connectivity index (χ0) is 26.0. The number of nitrogens with zero attached hydrogens (tertiary/aromatic N) is 4. The minimum absolute atomic E-state index is 0.114. The number of amides is 1. The fourth-order valence-corrected chi connectivity index (χ4v) is 3.64. The quantitative estimate of drug-likeness (QED) is 0.344. The lowest BCUT2D eigenvalue weighted by Gasteiger charge is -2.27. The van der Waals surface area contributed by atoms with Crippen molar-refractivity contribution >= 4 is 22.6 Å². The van der Waals surface area contributed by atoms with Gasteiger partial charge in [-0.05, 0) is 50.6 Å². The number of anilines is 1. The van der Waals surface area contributed by atoms with E-state index in [4.69, 9.17) is 4.74 Å². The Labute approximate surface area is 208 Å². The number of hydrogen-bond acceptors (Lipinski definition) is 7. The van der Waals surface area contributed by atoms with E-state index in [0.717, 1.165) is 5.39 Å². The highest BCUT2D eigenvalue weighted by Gasteiger charge is 2.23. The van der Waals surface area contributed by atoms with Crippen LogP contribution in [-0.2, 0) is 7.05 Å². The Morgan fingerprint density at radius 3 is 2.58 bits per heavy atom. The molecular formula is C26H29FN6O3. The second kappa shape index (κ2) is 9.90. The van der Waals surface area contributed by atoms with Gasteiger partial charge in [0.05, 0.1) is 36.5 Å². The van der Waals surface area contributed by atoms with Crippen molar-refractivity contribution in [2.75, 3.05) is 12.4 Å². The number of fused-ring (bicyclic) bond motifs is 1. The molecule has 0 aliphatic heterocycles. The number of rotatable bonds is 8. The fourth-order valence-electron chi connectivity index (χ4n) is 3.64. The first-order valence-electron chi connectivity index (χ1n) is 11.4. The molecule has 4 aromatic rings. The van der Waals surface area contributed by atoms with Gasteiger partial charge in [-0.3, -0.25) is 9.48 Å². The normalized spacial score (nSPS) is 13.3. The summed E-state index contributed by atoms with van der Waals surface area (Å²) in [7, 11) is 3.16. The van der Waals surface area contributed by atoms with E-state index in [9.17, 15) is 14.3 Å². The lowest BCUT2D eigenvalue weighted by atomic mass is 10.0. The highest BCUT2D eigenvalue weighted by Crippen LogP contribution is 2.27. The summed E-state index contributed by atoms with van der Waals surface area (Å²) in [4.78, 5) is 22.2. The molecule has 2 unspecified atom stereocenters. The van der Waals surface area contributed by atoms with Crippen molar-refractivity contribution < 1.29 is 19.0 Å². The zero-order valence-corrected chi connectivity index (χ0v) is 20.8. The van der Waals surface area contributed by atoms with Gasteiger partial charge in [-0.2, -0.15) is 5.10 Å². The number of carbonyl (C=O) groups excluding carboxylic acids is 1. The Hall–Kier alpha value is -4.05. The number of halogens is 1. The molecule has 0 saturated carbocycles. The molecule has 3 aromatic heterocycles. The van der Waals surface area contributed by atoms with E-state index in [1.165, 1.54) is 19.2 Å². The van der Waals surface area contributed by atoms with Crippen LogP contribution in [0, 0.1) is 5.82 Å². The lowest BCUT2D eigenvalue weighted by Crippen LogP contribution is -2.39. The van der Waals surface area contributed by atoms with Gasteiger partial charge >= 0.3 is 0 Å². The van der Waals surface area contributed by atoms with Crippen LogP contribution in [0.15, 0.2) is 55.0 Å². The van der Waals surface area contributed by atoms with Gasteiger partial charge in [0.25, 0.3) is 5.91 Å². The van der Waals surface area contributed by atoms with Gasteiger partial charge in [-0.1, -0.05) is 6.07 Å². The molecule has 1 amide bonds. The molecule has 10 heteroatoms. The standard InChI is InChI=1S/C26H29FN6O3/c1-15(26(2,3)35)30-23-11-21-17(12-28-23)6-8-20(31-21)25(34)32-24(18-13-29-33(4)14-18)16-7-9-22(36-5)19(27)10-16/h6-15,24,35H,1-5H3,(H,28,30)(H,32,34). The molecule has 9 nitrogen and oxygen atoms in total.